The van der Waals surface area contributed by atoms with E-state index in [1.807, 2.05) is 0 Å². The Morgan fingerprint density at radius 2 is 1.89 bits per heavy atom. The maximum Gasteiger partial charge on any atom is 0.186 e. The van der Waals surface area contributed by atoms with Crippen LogP contribution in [0.3, 0.4) is 0 Å². The van der Waals surface area contributed by atoms with Gasteiger partial charge in [-0.2, -0.15) is 0 Å². The fourth-order valence-corrected chi connectivity index (χ4v) is 1.67. The van der Waals surface area contributed by atoms with Gasteiger partial charge in [-0.1, -0.05) is 6.08 Å². The van der Waals surface area contributed by atoms with Gasteiger partial charge >= 0.3 is 0 Å². The molecule has 1 fully saturated rings. The molecule has 0 aromatic rings. The maximum atomic E-state index is 9.62. The lowest BCUT2D eigenvalue weighted by Gasteiger charge is -2.39. The highest BCUT2D eigenvalue weighted by Gasteiger charge is 2.44. The van der Waals surface area contributed by atoms with Crippen molar-refractivity contribution >= 4 is 0 Å². The molecule has 18 heavy (non-hydrogen) atoms. The third kappa shape index (κ3) is 3.72. The van der Waals surface area contributed by atoms with Crippen LogP contribution in [0.25, 0.3) is 0 Å². The van der Waals surface area contributed by atoms with E-state index in [0.29, 0.717) is 6.42 Å². The van der Waals surface area contributed by atoms with Crippen molar-refractivity contribution in [3.05, 3.63) is 12.7 Å². The van der Waals surface area contributed by atoms with Crippen LogP contribution in [0.5, 0.6) is 0 Å². The summed E-state index contributed by atoms with van der Waals surface area (Å²) in [7, 11) is 0. The van der Waals surface area contributed by atoms with Crippen molar-refractivity contribution in [2.75, 3.05) is 13.2 Å². The molecule has 7 nitrogen and oxygen atoms in total. The third-order valence-corrected chi connectivity index (χ3v) is 2.74. The van der Waals surface area contributed by atoms with Gasteiger partial charge in [-0.15, -0.1) is 6.58 Å². The minimum Gasteiger partial charge on any atom is -0.394 e. The van der Waals surface area contributed by atoms with E-state index in [2.05, 4.69) is 6.58 Å². The average Bonchev–Trinajstić information content (AvgIpc) is 2.35. The molecule has 0 radical (unpaired) electrons. The minimum absolute atomic E-state index is 0.116. The second kappa shape index (κ2) is 7.15. The monoisotopic (exact) mass is 264 g/mol. The highest BCUT2D eigenvalue weighted by atomic mass is 16.7. The Kier molecular flexibility index (Phi) is 6.16. The molecule has 1 aliphatic heterocycles. The standard InChI is InChI=1S/C11H20O7/c1-2-3-6(13)5-17-11-10(16)9(15)8(14)7(4-12)18-11/h2,6-16H,1,3-5H2/t6?,7-,8+,9+,10-,11+/m1/s1. The summed E-state index contributed by atoms with van der Waals surface area (Å²) in [4.78, 5) is 0. The van der Waals surface area contributed by atoms with Gasteiger partial charge in [0.2, 0.25) is 0 Å². The normalized spacial score (nSPS) is 38.4. The van der Waals surface area contributed by atoms with Gasteiger partial charge in [-0.05, 0) is 6.42 Å². The van der Waals surface area contributed by atoms with Crippen LogP contribution in [0, 0.1) is 0 Å². The molecule has 1 unspecified atom stereocenters. The first kappa shape index (κ1) is 15.5. The maximum absolute atomic E-state index is 9.62. The molecular weight excluding hydrogens is 244 g/mol. The van der Waals surface area contributed by atoms with E-state index in [4.69, 9.17) is 14.6 Å². The predicted octanol–water partition coefficient (Wildman–Crippen LogP) is -2.26. The lowest BCUT2D eigenvalue weighted by atomic mass is 9.99. The summed E-state index contributed by atoms with van der Waals surface area (Å²) in [5.74, 6) is 0. The first-order valence-corrected chi connectivity index (χ1v) is 5.72. The lowest BCUT2D eigenvalue weighted by molar-refractivity contribution is -0.304. The van der Waals surface area contributed by atoms with E-state index < -0.39 is 43.4 Å². The van der Waals surface area contributed by atoms with Crippen molar-refractivity contribution < 1.29 is 35.0 Å². The van der Waals surface area contributed by atoms with Crippen molar-refractivity contribution in [2.45, 2.75) is 43.2 Å². The van der Waals surface area contributed by atoms with Crippen molar-refractivity contribution in [1.29, 1.82) is 0 Å². The van der Waals surface area contributed by atoms with Crippen molar-refractivity contribution in [3.8, 4) is 0 Å². The molecule has 0 bridgehead atoms. The Morgan fingerprint density at radius 3 is 2.44 bits per heavy atom. The molecule has 1 rings (SSSR count). The molecule has 1 aliphatic rings. The predicted molar refractivity (Wildman–Crippen MR) is 60.5 cm³/mol. The molecule has 7 heteroatoms. The summed E-state index contributed by atoms with van der Waals surface area (Å²) in [6.07, 6.45) is -5.52. The Bertz CT molecular complexity index is 258. The van der Waals surface area contributed by atoms with Crippen molar-refractivity contribution in [1.82, 2.24) is 0 Å². The zero-order valence-electron chi connectivity index (χ0n) is 9.92. The van der Waals surface area contributed by atoms with Crippen LogP contribution in [0.2, 0.25) is 0 Å². The quantitative estimate of drug-likeness (QED) is 0.343. The molecule has 0 saturated carbocycles. The van der Waals surface area contributed by atoms with E-state index >= 15 is 0 Å². The zero-order chi connectivity index (χ0) is 13.7. The van der Waals surface area contributed by atoms with Crippen LogP contribution in [0.1, 0.15) is 6.42 Å². The summed E-state index contributed by atoms with van der Waals surface area (Å²) in [5, 5.41) is 47.0. The Balaban J connectivity index is 2.51. The average molecular weight is 264 g/mol. The SMILES string of the molecule is C=CCC(O)CO[C@H]1O[C@H](CO)[C@H](O)[C@H](O)[C@H]1O. The molecule has 0 aromatic heterocycles. The van der Waals surface area contributed by atoms with Crippen LogP contribution in [0.4, 0.5) is 0 Å². The minimum atomic E-state index is -1.47. The van der Waals surface area contributed by atoms with E-state index in [0.717, 1.165) is 0 Å². The Hall–Kier alpha value is -0.540. The Morgan fingerprint density at radius 1 is 1.22 bits per heavy atom. The fraction of sp³-hybridized carbons (Fsp3) is 0.818. The van der Waals surface area contributed by atoms with Gasteiger partial charge in [0.1, 0.15) is 24.4 Å². The zero-order valence-corrected chi connectivity index (χ0v) is 9.92. The molecule has 0 aliphatic carbocycles. The van der Waals surface area contributed by atoms with E-state index in [9.17, 15) is 20.4 Å². The molecule has 106 valence electrons. The lowest BCUT2D eigenvalue weighted by Crippen LogP contribution is -2.59. The summed E-state index contributed by atoms with van der Waals surface area (Å²) in [6.45, 7) is 2.83. The molecule has 1 saturated heterocycles. The first-order valence-electron chi connectivity index (χ1n) is 5.72. The topological polar surface area (TPSA) is 120 Å². The summed E-state index contributed by atoms with van der Waals surface area (Å²) in [6, 6.07) is 0. The third-order valence-electron chi connectivity index (χ3n) is 2.74. The smallest absolute Gasteiger partial charge is 0.186 e. The van der Waals surface area contributed by atoms with Gasteiger partial charge in [-0.25, -0.2) is 0 Å². The van der Waals surface area contributed by atoms with Gasteiger partial charge < -0.3 is 35.0 Å². The van der Waals surface area contributed by atoms with Gasteiger partial charge in [0.25, 0.3) is 0 Å². The second-order valence-electron chi connectivity index (χ2n) is 4.21. The number of aliphatic hydroxyl groups excluding tert-OH is 5. The van der Waals surface area contributed by atoms with Crippen LogP contribution in [0.15, 0.2) is 12.7 Å². The molecule has 0 spiro atoms. The summed E-state index contributed by atoms with van der Waals surface area (Å²) in [5.41, 5.74) is 0. The van der Waals surface area contributed by atoms with Gasteiger partial charge in [0.15, 0.2) is 6.29 Å². The van der Waals surface area contributed by atoms with Crippen LogP contribution in [-0.2, 0) is 9.47 Å². The van der Waals surface area contributed by atoms with Crippen molar-refractivity contribution in [3.63, 3.8) is 0 Å². The van der Waals surface area contributed by atoms with E-state index in [-0.39, 0.29) is 6.61 Å². The molecule has 0 aromatic carbocycles. The highest BCUT2D eigenvalue weighted by molar-refractivity contribution is 4.89. The van der Waals surface area contributed by atoms with E-state index in [1.165, 1.54) is 6.08 Å². The molecule has 0 amide bonds. The highest BCUT2D eigenvalue weighted by Crippen LogP contribution is 2.22. The summed E-state index contributed by atoms with van der Waals surface area (Å²) >= 11 is 0. The number of rotatable bonds is 6. The van der Waals surface area contributed by atoms with Crippen LogP contribution in [-0.4, -0.2) is 75.6 Å². The number of hydrogen-bond donors (Lipinski definition) is 5. The molecule has 6 atom stereocenters. The molecule has 5 N–H and O–H groups in total. The van der Waals surface area contributed by atoms with Gasteiger partial charge in [0.05, 0.1) is 19.3 Å². The van der Waals surface area contributed by atoms with E-state index in [1.54, 1.807) is 0 Å². The second-order valence-corrected chi connectivity index (χ2v) is 4.21. The fourth-order valence-electron chi connectivity index (χ4n) is 1.67. The van der Waals surface area contributed by atoms with Gasteiger partial charge in [-0.3, -0.25) is 0 Å². The first-order chi connectivity index (χ1) is 8.51. The number of ether oxygens (including phenoxy) is 2. The summed E-state index contributed by atoms with van der Waals surface area (Å²) < 4.78 is 10.2. The number of aliphatic hydroxyl groups is 5. The Labute approximate surface area is 105 Å². The van der Waals surface area contributed by atoms with Gasteiger partial charge in [0, 0.05) is 0 Å². The van der Waals surface area contributed by atoms with Crippen LogP contribution < -0.4 is 0 Å². The number of hydrogen-bond acceptors (Lipinski definition) is 7. The largest absolute Gasteiger partial charge is 0.394 e. The molecule has 1 heterocycles. The van der Waals surface area contributed by atoms with Crippen molar-refractivity contribution in [2.24, 2.45) is 0 Å². The van der Waals surface area contributed by atoms with Crippen LogP contribution >= 0.6 is 0 Å². The molecular formula is C11H20O7.